The third-order valence-electron chi connectivity index (χ3n) is 4.84. The van der Waals surface area contributed by atoms with Gasteiger partial charge in [0.05, 0.1) is 33.7 Å². The fourth-order valence-corrected chi connectivity index (χ4v) is 6.81. The highest BCUT2D eigenvalue weighted by molar-refractivity contribution is 8.26. The predicted molar refractivity (Wildman–Crippen MR) is 105 cm³/mol. The number of carbonyl (C=O) groups is 2. The van der Waals surface area contributed by atoms with Gasteiger partial charge in [0.25, 0.3) is 11.8 Å². The van der Waals surface area contributed by atoms with Crippen LogP contribution in [0.4, 0.5) is 5.69 Å². The van der Waals surface area contributed by atoms with Crippen molar-refractivity contribution in [2.45, 2.75) is 19.4 Å². The Labute approximate surface area is 161 Å². The molecule has 0 spiro atoms. The molecule has 3 aliphatic rings. The summed E-state index contributed by atoms with van der Waals surface area (Å²) in [6.45, 7) is 2.38. The van der Waals surface area contributed by atoms with Crippen LogP contribution in [-0.4, -0.2) is 53.5 Å². The molecule has 4 rings (SSSR count). The molecule has 0 radical (unpaired) electrons. The second kappa shape index (κ2) is 6.17. The Balaban J connectivity index is 1.78. The lowest BCUT2D eigenvalue weighted by molar-refractivity contribution is -0.123. The first kappa shape index (κ1) is 17.7. The average molecular weight is 409 g/mol. The van der Waals surface area contributed by atoms with Crippen LogP contribution in [0.2, 0.25) is 0 Å². The first-order chi connectivity index (χ1) is 12.3. The van der Waals surface area contributed by atoms with E-state index >= 15 is 0 Å². The van der Waals surface area contributed by atoms with Gasteiger partial charge in [-0.2, -0.15) is 0 Å². The number of hydrogen-bond donors (Lipinski definition) is 0. The Kier molecular flexibility index (Phi) is 4.20. The van der Waals surface area contributed by atoms with E-state index in [0.29, 0.717) is 27.8 Å². The minimum absolute atomic E-state index is 0.0615. The lowest BCUT2D eigenvalue weighted by atomic mass is 10.1. The van der Waals surface area contributed by atoms with Crippen LogP contribution in [0.15, 0.2) is 29.2 Å². The second-order valence-corrected chi connectivity index (χ2v) is 10.2. The number of sulfone groups is 1. The second-order valence-electron chi connectivity index (χ2n) is 6.37. The zero-order valence-corrected chi connectivity index (χ0v) is 16.4. The molecule has 1 aromatic rings. The van der Waals surface area contributed by atoms with Gasteiger partial charge >= 0.3 is 0 Å². The fourth-order valence-electron chi connectivity index (χ4n) is 3.64. The van der Waals surface area contributed by atoms with E-state index in [1.54, 1.807) is 4.90 Å². The Morgan fingerprint density at radius 2 is 1.96 bits per heavy atom. The summed E-state index contributed by atoms with van der Waals surface area (Å²) in [5.74, 6) is -0.592. The Hall–Kier alpha value is -1.71. The van der Waals surface area contributed by atoms with Gasteiger partial charge in [-0.05, 0) is 19.4 Å². The molecule has 26 heavy (non-hydrogen) atoms. The molecule has 1 aromatic carbocycles. The van der Waals surface area contributed by atoms with Crippen molar-refractivity contribution in [2.24, 2.45) is 0 Å². The van der Waals surface area contributed by atoms with Crippen LogP contribution in [0.25, 0.3) is 5.57 Å². The maximum atomic E-state index is 13.0. The first-order valence-corrected chi connectivity index (χ1v) is 11.3. The number of benzene rings is 1. The number of anilines is 1. The van der Waals surface area contributed by atoms with E-state index in [2.05, 4.69) is 0 Å². The van der Waals surface area contributed by atoms with E-state index in [9.17, 15) is 18.0 Å². The SMILES string of the molecule is CCN1C(=O)/C(=C2\SC(=S)N([C@H]3CCS(=O)(=O)C3)C2=O)c2ccccc21. The summed E-state index contributed by atoms with van der Waals surface area (Å²) in [4.78, 5) is 29.3. The van der Waals surface area contributed by atoms with E-state index in [0.717, 1.165) is 23.0 Å². The summed E-state index contributed by atoms with van der Waals surface area (Å²) in [7, 11) is -3.14. The Morgan fingerprint density at radius 1 is 1.23 bits per heavy atom. The fraction of sp³-hybridized carbons (Fsp3) is 0.353. The van der Waals surface area contributed by atoms with Crippen molar-refractivity contribution in [3.63, 3.8) is 0 Å². The van der Waals surface area contributed by atoms with Gasteiger partial charge in [-0.25, -0.2) is 8.42 Å². The Morgan fingerprint density at radius 3 is 2.62 bits per heavy atom. The Bertz CT molecular complexity index is 983. The zero-order valence-electron chi connectivity index (χ0n) is 14.0. The van der Waals surface area contributed by atoms with Gasteiger partial charge in [-0.1, -0.05) is 42.2 Å². The van der Waals surface area contributed by atoms with Crippen LogP contribution in [0.3, 0.4) is 0 Å². The summed E-state index contributed by atoms with van der Waals surface area (Å²) < 4.78 is 23.9. The number of likely N-dealkylation sites (N-methyl/N-ethyl adjacent to an activating group) is 1. The predicted octanol–water partition coefficient (Wildman–Crippen LogP) is 1.81. The highest BCUT2D eigenvalue weighted by atomic mass is 32.2. The van der Waals surface area contributed by atoms with E-state index in [-0.39, 0.29) is 23.3 Å². The molecule has 3 aliphatic heterocycles. The number of para-hydroxylation sites is 1. The highest BCUT2D eigenvalue weighted by Gasteiger charge is 2.46. The van der Waals surface area contributed by atoms with Gasteiger partial charge < -0.3 is 4.90 Å². The third kappa shape index (κ3) is 2.60. The summed E-state index contributed by atoms with van der Waals surface area (Å²) in [6, 6.07) is 6.92. The van der Waals surface area contributed by atoms with Gasteiger partial charge in [0, 0.05) is 12.1 Å². The normalized spacial score (nSPS) is 27.6. The van der Waals surface area contributed by atoms with Crippen molar-refractivity contribution < 1.29 is 18.0 Å². The largest absolute Gasteiger partial charge is 0.308 e. The van der Waals surface area contributed by atoms with Crippen LogP contribution >= 0.6 is 24.0 Å². The summed E-state index contributed by atoms with van der Waals surface area (Å²) in [5, 5.41) is 0. The number of carbonyl (C=O) groups excluding carboxylic acids is 2. The van der Waals surface area contributed by atoms with E-state index in [1.807, 2.05) is 31.2 Å². The van der Waals surface area contributed by atoms with Gasteiger partial charge in [0.15, 0.2) is 9.84 Å². The molecule has 6 nitrogen and oxygen atoms in total. The van der Waals surface area contributed by atoms with Crippen molar-refractivity contribution in [3.05, 3.63) is 34.7 Å². The van der Waals surface area contributed by atoms with Crippen molar-refractivity contribution in [3.8, 4) is 0 Å². The van der Waals surface area contributed by atoms with E-state index in [1.165, 1.54) is 4.90 Å². The van der Waals surface area contributed by atoms with Gasteiger partial charge in [-0.3, -0.25) is 14.5 Å². The maximum Gasteiger partial charge on any atom is 0.267 e. The number of hydrogen-bond acceptors (Lipinski definition) is 6. The molecular formula is C17H16N2O4S3. The molecule has 1 atom stereocenters. The number of amides is 2. The minimum atomic E-state index is -3.14. The standard InChI is InChI=1S/C17H16N2O4S3/c1-2-18-12-6-4-3-5-11(12)13(15(18)20)14-16(21)19(17(24)25-14)10-7-8-26(22,23)9-10/h3-6,10H,2,7-9H2,1H3/b14-13-/t10-/m0/s1. The third-order valence-corrected chi connectivity index (χ3v) is 7.99. The molecule has 0 aromatic heterocycles. The van der Waals surface area contributed by atoms with Crippen LogP contribution in [0.1, 0.15) is 18.9 Å². The van der Waals surface area contributed by atoms with Crippen molar-refractivity contribution in [2.75, 3.05) is 23.0 Å². The number of thioether (sulfide) groups is 1. The van der Waals surface area contributed by atoms with Crippen LogP contribution < -0.4 is 4.90 Å². The average Bonchev–Trinajstić information content (AvgIpc) is 3.18. The quantitative estimate of drug-likeness (QED) is 0.549. The molecule has 0 bridgehead atoms. The first-order valence-electron chi connectivity index (χ1n) is 8.25. The van der Waals surface area contributed by atoms with Gasteiger partial charge in [0.2, 0.25) is 0 Å². The summed E-state index contributed by atoms with van der Waals surface area (Å²) in [6.07, 6.45) is 0.378. The summed E-state index contributed by atoms with van der Waals surface area (Å²) in [5.41, 5.74) is 1.87. The van der Waals surface area contributed by atoms with E-state index < -0.39 is 15.9 Å². The molecule has 9 heteroatoms. The molecule has 0 N–H and O–H groups in total. The van der Waals surface area contributed by atoms with Crippen molar-refractivity contribution in [1.82, 2.24) is 4.90 Å². The lowest BCUT2D eigenvalue weighted by Crippen LogP contribution is -2.39. The van der Waals surface area contributed by atoms with Crippen LogP contribution in [0.5, 0.6) is 0 Å². The molecule has 0 aliphatic carbocycles. The monoisotopic (exact) mass is 408 g/mol. The number of rotatable bonds is 2. The molecule has 136 valence electrons. The number of nitrogens with zero attached hydrogens (tertiary/aromatic N) is 2. The van der Waals surface area contributed by atoms with Crippen LogP contribution in [-0.2, 0) is 19.4 Å². The molecule has 2 saturated heterocycles. The smallest absolute Gasteiger partial charge is 0.267 e. The molecule has 3 heterocycles. The van der Waals surface area contributed by atoms with E-state index in [4.69, 9.17) is 12.2 Å². The molecule has 2 amide bonds. The number of fused-ring (bicyclic) bond motifs is 1. The van der Waals surface area contributed by atoms with Gasteiger partial charge in [0.1, 0.15) is 4.32 Å². The topological polar surface area (TPSA) is 74.8 Å². The van der Waals surface area contributed by atoms with Crippen molar-refractivity contribution in [1.29, 1.82) is 0 Å². The molecule has 2 fully saturated rings. The van der Waals surface area contributed by atoms with Crippen LogP contribution in [0, 0.1) is 0 Å². The summed E-state index contributed by atoms with van der Waals surface area (Å²) >= 11 is 6.44. The number of thiocarbonyl (C=S) groups is 1. The lowest BCUT2D eigenvalue weighted by Gasteiger charge is -2.21. The zero-order chi connectivity index (χ0) is 18.6. The minimum Gasteiger partial charge on any atom is -0.308 e. The molecule has 0 unspecified atom stereocenters. The van der Waals surface area contributed by atoms with Gasteiger partial charge in [-0.15, -0.1) is 0 Å². The molecule has 0 saturated carbocycles. The molecular weight excluding hydrogens is 392 g/mol. The highest BCUT2D eigenvalue weighted by Crippen LogP contribution is 2.45. The maximum absolute atomic E-state index is 13.0. The van der Waals surface area contributed by atoms with Crippen molar-refractivity contribution >= 4 is 61.2 Å².